The van der Waals surface area contributed by atoms with E-state index < -0.39 is 0 Å². The molecule has 4 nitrogen and oxygen atoms in total. The summed E-state index contributed by atoms with van der Waals surface area (Å²) >= 11 is 0. The Balaban J connectivity index is 1.74. The van der Waals surface area contributed by atoms with Crippen molar-refractivity contribution in [2.45, 2.75) is 51.1 Å². The summed E-state index contributed by atoms with van der Waals surface area (Å²) in [6, 6.07) is 14.2. The first kappa shape index (κ1) is 17.0. The van der Waals surface area contributed by atoms with Crippen molar-refractivity contribution in [1.82, 2.24) is 4.90 Å². The minimum Gasteiger partial charge on any atom is -0.508 e. The predicted molar refractivity (Wildman–Crippen MR) is 103 cm³/mol. The Hall–Kier alpha value is -2.49. The van der Waals surface area contributed by atoms with E-state index in [-0.39, 0.29) is 23.7 Å². The molecule has 0 aliphatic carbocycles. The van der Waals surface area contributed by atoms with Gasteiger partial charge in [-0.25, -0.2) is 0 Å². The van der Waals surface area contributed by atoms with Gasteiger partial charge >= 0.3 is 0 Å². The molecule has 0 bridgehead atoms. The zero-order valence-corrected chi connectivity index (χ0v) is 15.4. The standard InChI is InChI=1S/C22H26N2O2/c1-14(2)16-7-10-19-18(12-16)21(24-11-3-4-22(24)26)13-20(23-19)15-5-8-17(25)9-6-15/h5-10,12,14,20-21,23,25H,3-4,11,13H2,1-2H3. The number of anilines is 1. The fourth-order valence-electron chi connectivity index (χ4n) is 4.16. The monoisotopic (exact) mass is 350 g/mol. The van der Waals surface area contributed by atoms with E-state index in [0.717, 1.165) is 30.6 Å². The molecule has 2 unspecified atom stereocenters. The lowest BCUT2D eigenvalue weighted by molar-refractivity contribution is -0.130. The third kappa shape index (κ3) is 3.05. The second-order valence-corrected chi connectivity index (χ2v) is 7.73. The molecule has 0 saturated carbocycles. The van der Waals surface area contributed by atoms with Crippen molar-refractivity contribution in [3.63, 3.8) is 0 Å². The summed E-state index contributed by atoms with van der Waals surface area (Å²) in [5, 5.41) is 13.2. The number of aromatic hydroxyl groups is 1. The average Bonchev–Trinajstić information content (AvgIpc) is 3.06. The topological polar surface area (TPSA) is 52.6 Å². The molecule has 0 spiro atoms. The van der Waals surface area contributed by atoms with Crippen LogP contribution >= 0.6 is 0 Å². The van der Waals surface area contributed by atoms with Crippen LogP contribution in [0.3, 0.4) is 0 Å². The Labute approximate surface area is 154 Å². The van der Waals surface area contributed by atoms with Gasteiger partial charge in [0.1, 0.15) is 5.75 Å². The van der Waals surface area contributed by atoms with Crippen molar-refractivity contribution in [2.24, 2.45) is 0 Å². The quantitative estimate of drug-likeness (QED) is 0.841. The van der Waals surface area contributed by atoms with Gasteiger partial charge in [0.15, 0.2) is 0 Å². The fraction of sp³-hybridized carbons (Fsp3) is 0.409. The number of hydrogen-bond acceptors (Lipinski definition) is 3. The van der Waals surface area contributed by atoms with Gasteiger partial charge < -0.3 is 15.3 Å². The number of nitrogens with one attached hydrogen (secondary N) is 1. The van der Waals surface area contributed by atoms with Crippen molar-refractivity contribution >= 4 is 11.6 Å². The van der Waals surface area contributed by atoms with Gasteiger partial charge in [0.2, 0.25) is 5.91 Å². The summed E-state index contributed by atoms with van der Waals surface area (Å²) in [6.07, 6.45) is 2.46. The van der Waals surface area contributed by atoms with Crippen LogP contribution < -0.4 is 5.32 Å². The number of nitrogens with zero attached hydrogens (tertiary/aromatic N) is 1. The fourth-order valence-corrected chi connectivity index (χ4v) is 4.16. The minimum absolute atomic E-state index is 0.110. The van der Waals surface area contributed by atoms with Crippen LogP contribution in [0, 0.1) is 0 Å². The highest BCUT2D eigenvalue weighted by atomic mass is 16.3. The highest BCUT2D eigenvalue weighted by Crippen LogP contribution is 2.44. The zero-order valence-electron chi connectivity index (χ0n) is 15.4. The Kier molecular flexibility index (Phi) is 4.35. The Morgan fingerprint density at radius 3 is 2.58 bits per heavy atom. The molecule has 0 radical (unpaired) electrons. The lowest BCUT2D eigenvalue weighted by atomic mass is 9.86. The number of benzene rings is 2. The van der Waals surface area contributed by atoms with E-state index in [1.54, 1.807) is 12.1 Å². The summed E-state index contributed by atoms with van der Waals surface area (Å²) in [7, 11) is 0. The smallest absolute Gasteiger partial charge is 0.223 e. The first-order chi connectivity index (χ1) is 12.5. The molecule has 1 saturated heterocycles. The number of carbonyl (C=O) groups is 1. The molecule has 2 aromatic rings. The molecule has 2 aliphatic rings. The summed E-state index contributed by atoms with van der Waals surface area (Å²) in [4.78, 5) is 14.5. The van der Waals surface area contributed by atoms with Crippen molar-refractivity contribution in [1.29, 1.82) is 0 Å². The maximum absolute atomic E-state index is 12.5. The highest BCUT2D eigenvalue weighted by molar-refractivity contribution is 5.79. The molecular weight excluding hydrogens is 324 g/mol. The molecule has 2 heterocycles. The van der Waals surface area contributed by atoms with Gasteiger partial charge in [0.05, 0.1) is 12.1 Å². The van der Waals surface area contributed by atoms with Crippen LogP contribution in [0.15, 0.2) is 42.5 Å². The van der Waals surface area contributed by atoms with Crippen LogP contribution in [0.25, 0.3) is 0 Å². The van der Waals surface area contributed by atoms with Crippen molar-refractivity contribution in [3.8, 4) is 5.75 Å². The van der Waals surface area contributed by atoms with Crippen LogP contribution in [0.2, 0.25) is 0 Å². The lowest BCUT2D eigenvalue weighted by Crippen LogP contribution is -2.35. The van der Waals surface area contributed by atoms with Gasteiger partial charge in [0.25, 0.3) is 0 Å². The molecule has 1 fully saturated rings. The highest BCUT2D eigenvalue weighted by Gasteiger charge is 2.36. The predicted octanol–water partition coefficient (Wildman–Crippen LogP) is 4.74. The second-order valence-electron chi connectivity index (χ2n) is 7.73. The Morgan fingerprint density at radius 2 is 1.92 bits per heavy atom. The van der Waals surface area contributed by atoms with Crippen LogP contribution in [0.5, 0.6) is 5.75 Å². The lowest BCUT2D eigenvalue weighted by Gasteiger charge is -2.38. The Morgan fingerprint density at radius 1 is 1.15 bits per heavy atom. The normalized spacial score (nSPS) is 22.4. The molecule has 2 aromatic carbocycles. The first-order valence-electron chi connectivity index (χ1n) is 9.51. The first-order valence-corrected chi connectivity index (χ1v) is 9.51. The van der Waals surface area contributed by atoms with Crippen molar-refractivity contribution < 1.29 is 9.90 Å². The SMILES string of the molecule is CC(C)c1ccc2c(c1)C(N1CCCC1=O)CC(c1ccc(O)cc1)N2. The number of amides is 1. The largest absolute Gasteiger partial charge is 0.508 e. The van der Waals surface area contributed by atoms with Gasteiger partial charge in [-0.2, -0.15) is 0 Å². The van der Waals surface area contributed by atoms with Crippen LogP contribution in [0.4, 0.5) is 5.69 Å². The molecule has 2 atom stereocenters. The third-order valence-electron chi connectivity index (χ3n) is 5.67. The van der Waals surface area contributed by atoms with Gasteiger partial charge in [0, 0.05) is 18.7 Å². The number of hydrogen-bond donors (Lipinski definition) is 2. The van der Waals surface area contributed by atoms with E-state index in [2.05, 4.69) is 42.3 Å². The molecule has 0 aromatic heterocycles. The Bertz CT molecular complexity index is 813. The number of carbonyl (C=O) groups excluding carboxylic acids is 1. The van der Waals surface area contributed by atoms with Gasteiger partial charge in [-0.15, -0.1) is 0 Å². The summed E-state index contributed by atoms with van der Waals surface area (Å²) in [6.45, 7) is 5.25. The van der Waals surface area contributed by atoms with E-state index in [1.165, 1.54) is 11.1 Å². The number of phenolic OH excluding ortho intramolecular Hbond substituents is 1. The summed E-state index contributed by atoms with van der Waals surface area (Å²) < 4.78 is 0. The van der Waals surface area contributed by atoms with Gasteiger partial charge in [-0.1, -0.05) is 38.1 Å². The van der Waals surface area contributed by atoms with Gasteiger partial charge in [-0.3, -0.25) is 4.79 Å². The number of likely N-dealkylation sites (tertiary alicyclic amines) is 1. The van der Waals surface area contributed by atoms with E-state index in [0.29, 0.717) is 12.3 Å². The van der Waals surface area contributed by atoms with E-state index in [1.807, 2.05) is 12.1 Å². The summed E-state index contributed by atoms with van der Waals surface area (Å²) in [5.41, 5.74) is 4.80. The minimum atomic E-state index is 0.110. The molecule has 1 amide bonds. The van der Waals surface area contributed by atoms with Gasteiger partial charge in [-0.05, 0) is 53.6 Å². The molecule has 2 aliphatic heterocycles. The molecule has 26 heavy (non-hydrogen) atoms. The molecule has 4 heteroatoms. The van der Waals surface area contributed by atoms with Crippen molar-refractivity contribution in [2.75, 3.05) is 11.9 Å². The van der Waals surface area contributed by atoms with E-state index >= 15 is 0 Å². The second kappa shape index (κ2) is 6.67. The maximum Gasteiger partial charge on any atom is 0.223 e. The molecular formula is C22H26N2O2. The molecule has 2 N–H and O–H groups in total. The van der Waals surface area contributed by atoms with E-state index in [4.69, 9.17) is 0 Å². The number of phenols is 1. The maximum atomic E-state index is 12.5. The van der Waals surface area contributed by atoms with Crippen LogP contribution in [-0.4, -0.2) is 22.5 Å². The average molecular weight is 350 g/mol. The van der Waals surface area contributed by atoms with Crippen LogP contribution in [0.1, 0.15) is 67.8 Å². The van der Waals surface area contributed by atoms with E-state index in [9.17, 15) is 9.90 Å². The van der Waals surface area contributed by atoms with Crippen LogP contribution in [-0.2, 0) is 4.79 Å². The molecule has 136 valence electrons. The number of rotatable bonds is 3. The number of fused-ring (bicyclic) bond motifs is 1. The summed E-state index contributed by atoms with van der Waals surface area (Å²) in [5.74, 6) is 1.00. The molecule has 4 rings (SSSR count). The zero-order chi connectivity index (χ0) is 18.3. The van der Waals surface area contributed by atoms with Crippen molar-refractivity contribution in [3.05, 3.63) is 59.2 Å². The third-order valence-corrected chi connectivity index (χ3v) is 5.67.